The van der Waals surface area contributed by atoms with Crippen molar-refractivity contribution in [3.05, 3.63) is 95.5 Å². The highest BCUT2D eigenvalue weighted by Gasteiger charge is 2.35. The molecule has 1 aliphatic rings. The Balaban J connectivity index is 1.28. The molecule has 47 heavy (non-hydrogen) atoms. The summed E-state index contributed by atoms with van der Waals surface area (Å²) in [6.45, 7) is 3.77. The number of alkyl carbamates (subject to hydrolysis) is 1. The van der Waals surface area contributed by atoms with Crippen molar-refractivity contribution >= 4 is 31.8 Å². The van der Waals surface area contributed by atoms with Crippen molar-refractivity contribution in [3.63, 3.8) is 0 Å². The van der Waals surface area contributed by atoms with Crippen molar-refractivity contribution in [3.8, 4) is 16.9 Å². The van der Waals surface area contributed by atoms with Crippen molar-refractivity contribution in [2.75, 3.05) is 19.8 Å². The van der Waals surface area contributed by atoms with Crippen LogP contribution in [0.2, 0.25) is 0 Å². The van der Waals surface area contributed by atoms with Crippen molar-refractivity contribution in [1.29, 1.82) is 0 Å². The molecule has 3 aromatic rings. The molecule has 248 valence electrons. The number of rotatable bonds is 18. The number of para-hydroxylation sites is 1. The van der Waals surface area contributed by atoms with Crippen molar-refractivity contribution in [1.82, 2.24) is 10.4 Å². The first-order chi connectivity index (χ1) is 22.7. The average molecular weight is 663 g/mol. The van der Waals surface area contributed by atoms with Crippen LogP contribution in [0.3, 0.4) is 0 Å². The Labute approximate surface area is 274 Å². The van der Waals surface area contributed by atoms with E-state index in [-0.39, 0.29) is 44.3 Å². The van der Waals surface area contributed by atoms with Gasteiger partial charge in [-0.1, -0.05) is 66.7 Å². The molecular formula is C34H39N4O8P. The number of esters is 1. The van der Waals surface area contributed by atoms with Gasteiger partial charge < -0.3 is 24.8 Å². The van der Waals surface area contributed by atoms with Gasteiger partial charge >= 0.3 is 26.0 Å². The minimum absolute atomic E-state index is 0.0362. The summed E-state index contributed by atoms with van der Waals surface area (Å²) in [5.74, 6) is -1.10. The van der Waals surface area contributed by atoms with Crippen molar-refractivity contribution < 1.29 is 42.3 Å². The molecule has 13 heteroatoms. The molecule has 1 aliphatic carbocycles. The molecule has 0 aromatic heterocycles. The third-order valence-corrected chi connectivity index (χ3v) is 8.85. The molecule has 0 saturated carbocycles. The number of nitrogens with zero attached hydrogens (tertiary/aromatic N) is 2. The standard InChI is InChI=1S/C34H39N4O8P/c1-24(2)45-33(40)32(19-18-25(39)22-37-35)38-47(42,46-26-12-4-3-5-13-26)44-21-11-10-20-36-34(41)43-23-31-29-16-8-6-14-27(29)28-15-7-9-17-30(28)31/h3-9,12-17,22,24,31-32H,10-11,18-21,23H2,1-2H3,(H,36,41)(H,38,42)/t32-,47?/m0/s1. The van der Waals surface area contributed by atoms with Gasteiger partial charge in [-0.25, -0.2) is 9.36 Å². The third kappa shape index (κ3) is 10.5. The maximum absolute atomic E-state index is 13.9. The normalized spacial score (nSPS) is 13.8. The zero-order chi connectivity index (χ0) is 33.6. The van der Waals surface area contributed by atoms with Gasteiger partial charge in [-0.05, 0) is 67.5 Å². The van der Waals surface area contributed by atoms with Crippen LogP contribution < -0.4 is 14.9 Å². The first-order valence-corrected chi connectivity index (χ1v) is 17.0. The van der Waals surface area contributed by atoms with Crippen LogP contribution in [0.25, 0.3) is 16.7 Å². The molecule has 1 amide bonds. The second-order valence-electron chi connectivity index (χ2n) is 11.1. The molecule has 0 fully saturated rings. The summed E-state index contributed by atoms with van der Waals surface area (Å²) in [6, 6.07) is 23.3. The molecule has 0 spiro atoms. The van der Waals surface area contributed by atoms with Gasteiger partial charge in [-0.3, -0.25) is 14.1 Å². The number of nitrogens with one attached hydrogen (secondary N) is 2. The number of ether oxygens (including phenoxy) is 2. The number of benzene rings is 3. The summed E-state index contributed by atoms with van der Waals surface area (Å²) in [6.07, 6.45) is 0.260. The second kappa shape index (κ2) is 17.4. The minimum Gasteiger partial charge on any atom is -0.462 e. The summed E-state index contributed by atoms with van der Waals surface area (Å²) in [7, 11) is -4.17. The predicted molar refractivity (Wildman–Crippen MR) is 175 cm³/mol. The molecule has 12 nitrogen and oxygen atoms in total. The Morgan fingerprint density at radius 1 is 0.936 bits per heavy atom. The van der Waals surface area contributed by atoms with Gasteiger partial charge in [0.25, 0.3) is 0 Å². The van der Waals surface area contributed by atoms with E-state index >= 15 is 0 Å². The minimum atomic E-state index is -4.17. The van der Waals surface area contributed by atoms with E-state index in [1.807, 2.05) is 24.3 Å². The average Bonchev–Trinajstić information content (AvgIpc) is 3.37. The summed E-state index contributed by atoms with van der Waals surface area (Å²) in [5, 5.41) is 5.38. The molecule has 4 rings (SSSR count). The van der Waals surface area contributed by atoms with E-state index in [0.29, 0.717) is 12.8 Å². The molecular weight excluding hydrogens is 623 g/mol. The van der Waals surface area contributed by atoms with Crippen LogP contribution in [0, 0.1) is 0 Å². The van der Waals surface area contributed by atoms with E-state index in [1.165, 1.54) is 0 Å². The lowest BCUT2D eigenvalue weighted by Crippen LogP contribution is -2.39. The summed E-state index contributed by atoms with van der Waals surface area (Å²) in [5.41, 5.74) is 13.2. The van der Waals surface area contributed by atoms with Crippen LogP contribution in [0.15, 0.2) is 78.9 Å². The van der Waals surface area contributed by atoms with E-state index in [2.05, 4.69) is 39.5 Å². The molecule has 1 unspecified atom stereocenters. The fourth-order valence-electron chi connectivity index (χ4n) is 5.12. The summed E-state index contributed by atoms with van der Waals surface area (Å²) < 4.78 is 36.1. The Bertz CT molecular complexity index is 1580. The number of Topliss-reactive ketones (excluding diaryl/α,β-unsaturated/α-hetero) is 1. The maximum Gasteiger partial charge on any atom is 0.459 e. The van der Waals surface area contributed by atoms with E-state index in [9.17, 15) is 18.9 Å². The lowest BCUT2D eigenvalue weighted by molar-refractivity contribution is -0.149. The van der Waals surface area contributed by atoms with Gasteiger partial charge in [0.15, 0.2) is 0 Å². The molecule has 0 bridgehead atoms. The Morgan fingerprint density at radius 2 is 1.57 bits per heavy atom. The number of amides is 1. The molecule has 3 aromatic carbocycles. The zero-order valence-electron chi connectivity index (χ0n) is 26.4. The monoisotopic (exact) mass is 662 g/mol. The number of carbonyl (C=O) groups is 3. The highest BCUT2D eigenvalue weighted by molar-refractivity contribution is 7.52. The van der Waals surface area contributed by atoms with Crippen molar-refractivity contribution in [2.24, 2.45) is 0 Å². The fraction of sp³-hybridized carbons (Fsp3) is 0.353. The van der Waals surface area contributed by atoms with Gasteiger partial charge in [-0.2, -0.15) is 9.88 Å². The van der Waals surface area contributed by atoms with Crippen LogP contribution in [-0.2, 0) is 28.2 Å². The van der Waals surface area contributed by atoms with Gasteiger partial charge in [0.2, 0.25) is 5.78 Å². The third-order valence-electron chi connectivity index (χ3n) is 7.25. The number of ketones is 1. The number of hydrogen-bond donors (Lipinski definition) is 2. The van der Waals surface area contributed by atoms with Crippen LogP contribution in [0.1, 0.15) is 56.6 Å². The fourth-order valence-corrected chi connectivity index (χ4v) is 6.68. The van der Waals surface area contributed by atoms with Crippen LogP contribution in [-0.4, -0.2) is 60.8 Å². The highest BCUT2D eigenvalue weighted by atomic mass is 31.2. The van der Waals surface area contributed by atoms with E-state index in [0.717, 1.165) is 28.5 Å². The number of carbonyl (C=O) groups excluding carboxylic acids is 3. The Hall–Kier alpha value is -4.60. The van der Waals surface area contributed by atoms with Gasteiger partial charge in [0.1, 0.15) is 18.4 Å². The van der Waals surface area contributed by atoms with E-state index in [4.69, 9.17) is 24.1 Å². The zero-order valence-corrected chi connectivity index (χ0v) is 27.3. The van der Waals surface area contributed by atoms with E-state index < -0.39 is 37.7 Å². The number of fused-ring (bicyclic) bond motifs is 3. The summed E-state index contributed by atoms with van der Waals surface area (Å²) >= 11 is 0. The number of hydrogen-bond acceptors (Lipinski definition) is 8. The van der Waals surface area contributed by atoms with Crippen LogP contribution in [0.4, 0.5) is 4.79 Å². The Kier molecular flexibility index (Phi) is 13.0. The van der Waals surface area contributed by atoms with Crippen LogP contribution in [0.5, 0.6) is 5.75 Å². The predicted octanol–water partition coefficient (Wildman–Crippen LogP) is 6.07. The quantitative estimate of drug-likeness (QED) is 0.0411. The molecule has 0 aliphatic heterocycles. The Morgan fingerprint density at radius 3 is 2.21 bits per heavy atom. The maximum atomic E-state index is 13.9. The van der Waals surface area contributed by atoms with Gasteiger partial charge in [-0.15, -0.1) is 0 Å². The topological polar surface area (TPSA) is 166 Å². The van der Waals surface area contributed by atoms with Gasteiger partial charge in [0.05, 0.1) is 12.7 Å². The second-order valence-corrected chi connectivity index (χ2v) is 12.8. The lowest BCUT2D eigenvalue weighted by Gasteiger charge is -2.25. The molecule has 0 saturated heterocycles. The number of unbranched alkanes of at least 4 members (excludes halogenated alkanes) is 1. The summed E-state index contributed by atoms with van der Waals surface area (Å²) in [4.78, 5) is 40.0. The SMILES string of the molecule is CC(C)OC(=O)[C@H](CCC(=O)C=[N+]=[N-])NP(=O)(OCCCCNC(=O)OCC1c2ccccc2-c2ccccc21)Oc1ccccc1. The first-order valence-electron chi connectivity index (χ1n) is 15.5. The lowest BCUT2D eigenvalue weighted by atomic mass is 9.98. The molecule has 2 atom stereocenters. The van der Waals surface area contributed by atoms with Crippen LogP contribution >= 0.6 is 7.75 Å². The largest absolute Gasteiger partial charge is 0.462 e. The van der Waals surface area contributed by atoms with E-state index in [1.54, 1.807) is 44.2 Å². The van der Waals surface area contributed by atoms with Crippen molar-refractivity contribution in [2.45, 2.75) is 57.6 Å². The van der Waals surface area contributed by atoms with Gasteiger partial charge in [0, 0.05) is 18.9 Å². The highest BCUT2D eigenvalue weighted by Crippen LogP contribution is 2.46. The smallest absolute Gasteiger partial charge is 0.459 e. The molecule has 2 N–H and O–H groups in total. The molecule has 0 heterocycles. The molecule has 0 radical (unpaired) electrons. The first kappa shape index (κ1) is 35.3.